The van der Waals surface area contributed by atoms with Gasteiger partial charge in [0, 0.05) is 24.7 Å². The summed E-state index contributed by atoms with van der Waals surface area (Å²) >= 11 is 0. The van der Waals surface area contributed by atoms with Crippen LogP contribution in [0.3, 0.4) is 0 Å². The highest BCUT2D eigenvalue weighted by atomic mass is 19.1. The zero-order valence-electron chi connectivity index (χ0n) is 12.9. The normalized spacial score (nSPS) is 26.9. The van der Waals surface area contributed by atoms with Gasteiger partial charge in [-0.25, -0.2) is 4.39 Å². The molecule has 2 nitrogen and oxygen atoms in total. The minimum atomic E-state index is -0.0958. The Morgan fingerprint density at radius 2 is 2.05 bits per heavy atom. The lowest BCUT2D eigenvalue weighted by molar-refractivity contribution is 0.161. The smallest absolute Gasteiger partial charge is 0.127 e. The molecule has 0 radical (unpaired) electrons. The number of benzene rings is 1. The minimum absolute atomic E-state index is 0.0958. The fraction of sp³-hybridized carbons (Fsp3) is 0.647. The number of rotatable bonds is 5. The van der Waals surface area contributed by atoms with E-state index in [2.05, 4.69) is 31.2 Å². The van der Waals surface area contributed by atoms with E-state index in [0.29, 0.717) is 18.5 Å². The van der Waals surface area contributed by atoms with E-state index in [0.717, 1.165) is 18.0 Å². The van der Waals surface area contributed by atoms with Crippen molar-refractivity contribution in [3.8, 4) is 0 Å². The monoisotopic (exact) mass is 278 g/mol. The van der Waals surface area contributed by atoms with Crippen molar-refractivity contribution in [2.24, 2.45) is 11.8 Å². The van der Waals surface area contributed by atoms with Crippen molar-refractivity contribution in [3.63, 3.8) is 0 Å². The van der Waals surface area contributed by atoms with E-state index in [-0.39, 0.29) is 5.82 Å². The fourth-order valence-electron chi connectivity index (χ4n) is 3.46. The molecule has 20 heavy (non-hydrogen) atoms. The first-order valence-corrected chi connectivity index (χ1v) is 7.69. The molecular formula is C17H27FN2. The van der Waals surface area contributed by atoms with E-state index >= 15 is 0 Å². The molecule has 3 atom stereocenters. The second kappa shape index (κ2) is 7.19. The molecule has 0 bridgehead atoms. The Hall–Kier alpha value is -0.930. The molecule has 1 fully saturated rings. The van der Waals surface area contributed by atoms with Crippen LogP contribution < -0.4 is 5.32 Å². The third kappa shape index (κ3) is 4.03. The van der Waals surface area contributed by atoms with Crippen LogP contribution in [0.2, 0.25) is 0 Å². The summed E-state index contributed by atoms with van der Waals surface area (Å²) in [6.45, 7) is 4.06. The molecule has 3 unspecified atom stereocenters. The Kier molecular flexibility index (Phi) is 5.55. The van der Waals surface area contributed by atoms with Gasteiger partial charge in [-0.1, -0.05) is 25.1 Å². The van der Waals surface area contributed by atoms with E-state index < -0.39 is 0 Å². The van der Waals surface area contributed by atoms with Gasteiger partial charge < -0.3 is 10.2 Å². The van der Waals surface area contributed by atoms with E-state index in [1.54, 1.807) is 12.1 Å². The van der Waals surface area contributed by atoms with Gasteiger partial charge in [0.05, 0.1) is 0 Å². The average molecular weight is 278 g/mol. The Morgan fingerprint density at radius 1 is 1.30 bits per heavy atom. The number of hydrogen-bond acceptors (Lipinski definition) is 2. The lowest BCUT2D eigenvalue weighted by atomic mass is 9.78. The lowest BCUT2D eigenvalue weighted by Crippen LogP contribution is -2.43. The van der Waals surface area contributed by atoms with Gasteiger partial charge in [0.2, 0.25) is 0 Å². The molecule has 0 aliphatic heterocycles. The van der Waals surface area contributed by atoms with Gasteiger partial charge in [0.25, 0.3) is 0 Å². The second-order valence-corrected chi connectivity index (χ2v) is 6.36. The molecule has 0 aromatic heterocycles. The summed E-state index contributed by atoms with van der Waals surface area (Å²) in [5.41, 5.74) is 0.792. The van der Waals surface area contributed by atoms with E-state index in [9.17, 15) is 4.39 Å². The molecule has 3 heteroatoms. The predicted octanol–water partition coefficient (Wildman–Crippen LogP) is 3.28. The molecule has 1 aliphatic carbocycles. The van der Waals surface area contributed by atoms with Crippen LogP contribution in [0.5, 0.6) is 0 Å². The summed E-state index contributed by atoms with van der Waals surface area (Å²) in [7, 11) is 4.16. The Morgan fingerprint density at radius 3 is 2.75 bits per heavy atom. The zero-order chi connectivity index (χ0) is 14.5. The van der Waals surface area contributed by atoms with Crippen molar-refractivity contribution in [2.45, 2.75) is 38.8 Å². The van der Waals surface area contributed by atoms with Crippen molar-refractivity contribution in [1.82, 2.24) is 10.2 Å². The van der Waals surface area contributed by atoms with E-state index in [4.69, 9.17) is 0 Å². The zero-order valence-corrected chi connectivity index (χ0v) is 12.9. The standard InChI is InChI=1S/C17H27FN2/c1-13-8-9-17(19-2)15(10-13)12-20(3)11-14-6-4-5-7-16(14)18/h4-7,13,15,17,19H,8-12H2,1-3H3. The maximum absolute atomic E-state index is 13.7. The maximum atomic E-state index is 13.7. The summed E-state index contributed by atoms with van der Waals surface area (Å²) < 4.78 is 13.7. The topological polar surface area (TPSA) is 15.3 Å². The van der Waals surface area contributed by atoms with Gasteiger partial charge in [0.1, 0.15) is 5.82 Å². The molecule has 112 valence electrons. The summed E-state index contributed by atoms with van der Waals surface area (Å²) in [5, 5.41) is 3.45. The Bertz CT molecular complexity index is 421. The first kappa shape index (κ1) is 15.5. The molecule has 1 aromatic rings. The van der Waals surface area contributed by atoms with Crippen LogP contribution in [0, 0.1) is 17.7 Å². The fourth-order valence-corrected chi connectivity index (χ4v) is 3.46. The second-order valence-electron chi connectivity index (χ2n) is 6.36. The van der Waals surface area contributed by atoms with Gasteiger partial charge >= 0.3 is 0 Å². The molecule has 0 amide bonds. The highest BCUT2D eigenvalue weighted by Gasteiger charge is 2.28. The van der Waals surface area contributed by atoms with Crippen molar-refractivity contribution in [3.05, 3.63) is 35.6 Å². The average Bonchev–Trinajstić information content (AvgIpc) is 2.41. The molecule has 2 rings (SSSR count). The van der Waals surface area contributed by atoms with Gasteiger partial charge in [-0.05, 0) is 51.3 Å². The first-order chi connectivity index (χ1) is 9.60. The van der Waals surface area contributed by atoms with Gasteiger partial charge in [-0.2, -0.15) is 0 Å². The van der Waals surface area contributed by atoms with Crippen molar-refractivity contribution in [1.29, 1.82) is 0 Å². The Labute approximate surface area is 122 Å². The highest BCUT2D eigenvalue weighted by Crippen LogP contribution is 2.29. The van der Waals surface area contributed by atoms with Crippen LogP contribution in [0.25, 0.3) is 0 Å². The largest absolute Gasteiger partial charge is 0.317 e. The van der Waals surface area contributed by atoms with Crippen LogP contribution >= 0.6 is 0 Å². The van der Waals surface area contributed by atoms with Crippen LogP contribution in [0.4, 0.5) is 4.39 Å². The number of nitrogens with zero attached hydrogens (tertiary/aromatic N) is 1. The Balaban J connectivity index is 1.92. The predicted molar refractivity (Wildman–Crippen MR) is 82.1 cm³/mol. The summed E-state index contributed by atoms with van der Waals surface area (Å²) in [4.78, 5) is 2.26. The van der Waals surface area contributed by atoms with E-state index in [1.165, 1.54) is 19.3 Å². The molecule has 1 saturated carbocycles. The number of hydrogen-bond donors (Lipinski definition) is 1. The highest BCUT2D eigenvalue weighted by molar-refractivity contribution is 5.17. The summed E-state index contributed by atoms with van der Waals surface area (Å²) in [5.74, 6) is 1.38. The molecule has 0 heterocycles. The van der Waals surface area contributed by atoms with Crippen molar-refractivity contribution >= 4 is 0 Å². The number of halogens is 1. The van der Waals surface area contributed by atoms with Crippen molar-refractivity contribution in [2.75, 3.05) is 20.6 Å². The lowest BCUT2D eigenvalue weighted by Gasteiger charge is -2.37. The summed E-state index contributed by atoms with van der Waals surface area (Å²) in [6, 6.07) is 7.69. The number of nitrogens with one attached hydrogen (secondary N) is 1. The van der Waals surface area contributed by atoms with Gasteiger partial charge in [-0.3, -0.25) is 0 Å². The van der Waals surface area contributed by atoms with Gasteiger partial charge in [0.15, 0.2) is 0 Å². The summed E-state index contributed by atoms with van der Waals surface area (Å²) in [6.07, 6.45) is 3.85. The molecule has 0 saturated heterocycles. The van der Waals surface area contributed by atoms with Crippen LogP contribution in [0.15, 0.2) is 24.3 Å². The first-order valence-electron chi connectivity index (χ1n) is 7.69. The van der Waals surface area contributed by atoms with Crippen LogP contribution in [0.1, 0.15) is 31.7 Å². The SMILES string of the molecule is CNC1CCC(C)CC1CN(C)Cc1ccccc1F. The van der Waals surface area contributed by atoms with Crippen LogP contribution in [-0.2, 0) is 6.54 Å². The third-order valence-corrected chi connectivity index (χ3v) is 4.56. The maximum Gasteiger partial charge on any atom is 0.127 e. The molecule has 1 N–H and O–H groups in total. The van der Waals surface area contributed by atoms with Gasteiger partial charge in [-0.15, -0.1) is 0 Å². The third-order valence-electron chi connectivity index (χ3n) is 4.56. The molecule has 1 aromatic carbocycles. The molecule has 1 aliphatic rings. The minimum Gasteiger partial charge on any atom is -0.317 e. The van der Waals surface area contributed by atoms with Crippen LogP contribution in [-0.4, -0.2) is 31.6 Å². The van der Waals surface area contributed by atoms with E-state index in [1.807, 2.05) is 12.1 Å². The molecule has 0 spiro atoms. The van der Waals surface area contributed by atoms with Crippen molar-refractivity contribution < 1.29 is 4.39 Å². The quantitative estimate of drug-likeness (QED) is 0.889. The molecular weight excluding hydrogens is 251 g/mol.